The maximum atomic E-state index is 13.2. The molecule has 15 heavy (non-hydrogen) atoms. The molecule has 2 N–H and O–H groups in total. The number of aryl methyl sites for hydroxylation is 1. The first kappa shape index (κ1) is 10.6. The fourth-order valence-corrected chi connectivity index (χ4v) is 2.19. The van der Waals surface area contributed by atoms with Crippen molar-refractivity contribution in [1.82, 2.24) is 0 Å². The molecular formula is C13H18FN. The molecule has 1 aliphatic carbocycles. The van der Waals surface area contributed by atoms with Gasteiger partial charge in [0, 0.05) is 12.0 Å². The lowest BCUT2D eigenvalue weighted by atomic mass is 9.90. The fourth-order valence-electron chi connectivity index (χ4n) is 2.19. The molecule has 1 saturated carbocycles. The number of halogens is 1. The van der Waals surface area contributed by atoms with Crippen LogP contribution in [-0.4, -0.2) is 6.54 Å². The summed E-state index contributed by atoms with van der Waals surface area (Å²) in [6.45, 7) is 4.34. The van der Waals surface area contributed by atoms with Crippen molar-refractivity contribution in [3.63, 3.8) is 0 Å². The first-order chi connectivity index (χ1) is 7.09. The van der Waals surface area contributed by atoms with Crippen LogP contribution in [-0.2, 0) is 5.41 Å². The van der Waals surface area contributed by atoms with Crippen LogP contribution >= 0.6 is 0 Å². The zero-order valence-electron chi connectivity index (χ0n) is 9.39. The van der Waals surface area contributed by atoms with Crippen LogP contribution in [0.25, 0.3) is 0 Å². The van der Waals surface area contributed by atoms with Crippen LogP contribution in [0.1, 0.15) is 42.6 Å². The minimum atomic E-state index is -0.891. The third kappa shape index (κ3) is 1.78. The lowest BCUT2D eigenvalue weighted by Gasteiger charge is -2.17. The monoisotopic (exact) mass is 207 g/mol. The Morgan fingerprint density at radius 2 is 2.13 bits per heavy atom. The Bertz CT molecular complexity index is 367. The van der Waals surface area contributed by atoms with E-state index in [1.807, 2.05) is 18.2 Å². The summed E-state index contributed by atoms with van der Waals surface area (Å²) in [5.74, 6) is 0. The molecule has 1 aliphatic rings. The molecule has 0 spiro atoms. The maximum Gasteiger partial charge on any atom is 0.122 e. The molecule has 0 aliphatic heterocycles. The Labute approximate surface area is 90.5 Å². The predicted octanol–water partition coefficient (Wildman–Crippen LogP) is 3.02. The summed E-state index contributed by atoms with van der Waals surface area (Å²) in [6, 6.07) is 5.88. The highest BCUT2D eigenvalue weighted by Crippen LogP contribution is 2.48. The topological polar surface area (TPSA) is 26.0 Å². The van der Waals surface area contributed by atoms with E-state index in [2.05, 4.69) is 6.92 Å². The van der Waals surface area contributed by atoms with Crippen molar-refractivity contribution in [2.75, 3.05) is 6.54 Å². The summed E-state index contributed by atoms with van der Waals surface area (Å²) < 4.78 is 13.2. The van der Waals surface area contributed by atoms with E-state index in [1.165, 1.54) is 11.1 Å². The minimum absolute atomic E-state index is 0.162. The lowest BCUT2D eigenvalue weighted by Crippen LogP contribution is -2.21. The molecule has 0 heterocycles. The van der Waals surface area contributed by atoms with E-state index >= 15 is 0 Å². The first-order valence-electron chi connectivity index (χ1n) is 5.54. The second-order valence-corrected chi connectivity index (χ2v) is 4.67. The van der Waals surface area contributed by atoms with Gasteiger partial charge in [-0.25, -0.2) is 4.39 Å². The van der Waals surface area contributed by atoms with Gasteiger partial charge in [-0.3, -0.25) is 0 Å². The van der Waals surface area contributed by atoms with Crippen molar-refractivity contribution in [2.45, 2.75) is 38.3 Å². The van der Waals surface area contributed by atoms with Crippen LogP contribution in [0.5, 0.6) is 0 Å². The Hall–Kier alpha value is -0.890. The summed E-state index contributed by atoms with van der Waals surface area (Å²) in [7, 11) is 0. The van der Waals surface area contributed by atoms with Crippen molar-refractivity contribution in [1.29, 1.82) is 0 Å². The minimum Gasteiger partial charge on any atom is -0.330 e. The highest BCUT2D eigenvalue weighted by atomic mass is 19.1. The molecule has 1 fully saturated rings. The van der Waals surface area contributed by atoms with Gasteiger partial charge in [-0.2, -0.15) is 0 Å². The highest BCUT2D eigenvalue weighted by Gasteiger charge is 2.43. The van der Waals surface area contributed by atoms with Crippen LogP contribution < -0.4 is 5.73 Å². The van der Waals surface area contributed by atoms with Gasteiger partial charge < -0.3 is 5.73 Å². The quantitative estimate of drug-likeness (QED) is 0.810. The lowest BCUT2D eigenvalue weighted by molar-refractivity contribution is 0.373. The average Bonchev–Trinajstić information content (AvgIpc) is 2.99. The Morgan fingerprint density at radius 3 is 2.60 bits per heavy atom. The van der Waals surface area contributed by atoms with Crippen LogP contribution in [0, 0.1) is 6.92 Å². The zero-order valence-corrected chi connectivity index (χ0v) is 9.39. The summed E-state index contributed by atoms with van der Waals surface area (Å²) in [4.78, 5) is 0. The van der Waals surface area contributed by atoms with Crippen molar-refractivity contribution >= 4 is 0 Å². The summed E-state index contributed by atoms with van der Waals surface area (Å²) in [5, 5.41) is 0. The third-order valence-corrected chi connectivity index (χ3v) is 3.54. The van der Waals surface area contributed by atoms with E-state index in [0.29, 0.717) is 6.54 Å². The maximum absolute atomic E-state index is 13.2. The molecule has 2 heteroatoms. The van der Waals surface area contributed by atoms with Gasteiger partial charge in [0.15, 0.2) is 0 Å². The zero-order chi connectivity index (χ0) is 11.1. The SMILES string of the molecule is Cc1ccc(C(C)F)cc1C1(CN)CC1. The molecule has 2 rings (SSSR count). The molecule has 1 atom stereocenters. The fraction of sp³-hybridized carbons (Fsp3) is 0.538. The van der Waals surface area contributed by atoms with Gasteiger partial charge in [-0.1, -0.05) is 18.2 Å². The molecule has 1 aromatic rings. The van der Waals surface area contributed by atoms with Gasteiger partial charge >= 0.3 is 0 Å². The van der Waals surface area contributed by atoms with Crippen molar-refractivity contribution in [2.24, 2.45) is 5.73 Å². The number of hydrogen-bond acceptors (Lipinski definition) is 1. The number of nitrogens with two attached hydrogens (primary N) is 1. The van der Waals surface area contributed by atoms with Gasteiger partial charge in [-0.15, -0.1) is 0 Å². The van der Waals surface area contributed by atoms with E-state index < -0.39 is 6.17 Å². The standard InChI is InChI=1S/C13H18FN/c1-9-3-4-11(10(2)14)7-12(9)13(8-15)5-6-13/h3-4,7,10H,5-6,8,15H2,1-2H3. The smallest absolute Gasteiger partial charge is 0.122 e. The van der Waals surface area contributed by atoms with Crippen molar-refractivity contribution < 1.29 is 4.39 Å². The number of hydrogen-bond donors (Lipinski definition) is 1. The van der Waals surface area contributed by atoms with E-state index in [9.17, 15) is 4.39 Å². The van der Waals surface area contributed by atoms with Crippen LogP contribution in [0.2, 0.25) is 0 Å². The van der Waals surface area contributed by atoms with Crippen LogP contribution in [0.15, 0.2) is 18.2 Å². The van der Waals surface area contributed by atoms with E-state index in [1.54, 1.807) is 6.92 Å². The molecule has 82 valence electrons. The Morgan fingerprint density at radius 1 is 1.47 bits per heavy atom. The summed E-state index contributed by atoms with van der Waals surface area (Å²) in [5.41, 5.74) is 9.23. The Kier molecular flexibility index (Phi) is 2.55. The van der Waals surface area contributed by atoms with Gasteiger partial charge in [-0.05, 0) is 43.4 Å². The number of benzene rings is 1. The van der Waals surface area contributed by atoms with Crippen LogP contribution in [0.4, 0.5) is 4.39 Å². The number of rotatable bonds is 3. The predicted molar refractivity (Wildman–Crippen MR) is 60.7 cm³/mol. The highest BCUT2D eigenvalue weighted by molar-refractivity contribution is 5.41. The number of alkyl halides is 1. The van der Waals surface area contributed by atoms with Gasteiger partial charge in [0.05, 0.1) is 0 Å². The van der Waals surface area contributed by atoms with E-state index in [-0.39, 0.29) is 5.41 Å². The molecule has 1 unspecified atom stereocenters. The normalized spacial score (nSPS) is 20.0. The second kappa shape index (κ2) is 3.60. The van der Waals surface area contributed by atoms with Crippen molar-refractivity contribution in [3.8, 4) is 0 Å². The second-order valence-electron chi connectivity index (χ2n) is 4.67. The molecule has 0 aromatic heterocycles. The summed E-state index contributed by atoms with van der Waals surface area (Å²) in [6.07, 6.45) is 1.40. The van der Waals surface area contributed by atoms with Gasteiger partial charge in [0.1, 0.15) is 6.17 Å². The van der Waals surface area contributed by atoms with Gasteiger partial charge in [0.25, 0.3) is 0 Å². The van der Waals surface area contributed by atoms with E-state index in [0.717, 1.165) is 18.4 Å². The average molecular weight is 207 g/mol. The molecule has 0 radical (unpaired) electrons. The van der Waals surface area contributed by atoms with Gasteiger partial charge in [0.2, 0.25) is 0 Å². The molecule has 1 nitrogen and oxygen atoms in total. The molecule has 0 bridgehead atoms. The van der Waals surface area contributed by atoms with Crippen LogP contribution in [0.3, 0.4) is 0 Å². The molecule has 1 aromatic carbocycles. The molecule has 0 amide bonds. The summed E-state index contributed by atoms with van der Waals surface area (Å²) >= 11 is 0. The third-order valence-electron chi connectivity index (χ3n) is 3.54. The first-order valence-corrected chi connectivity index (χ1v) is 5.54. The largest absolute Gasteiger partial charge is 0.330 e. The Balaban J connectivity index is 2.42. The molecular weight excluding hydrogens is 189 g/mol. The van der Waals surface area contributed by atoms with E-state index in [4.69, 9.17) is 5.73 Å². The van der Waals surface area contributed by atoms with Crippen molar-refractivity contribution in [3.05, 3.63) is 34.9 Å². The molecule has 0 saturated heterocycles.